The van der Waals surface area contributed by atoms with Gasteiger partial charge >= 0.3 is 0 Å². The molecule has 1 atom stereocenters. The van der Waals surface area contributed by atoms with Gasteiger partial charge in [0.2, 0.25) is 0 Å². The predicted molar refractivity (Wildman–Crippen MR) is 79.2 cm³/mol. The molecule has 1 aromatic rings. The quantitative estimate of drug-likeness (QED) is 0.725. The Bertz CT molecular complexity index is 475. The fraction of sp³-hybridized carbons (Fsp3) is 0.471. The average Bonchev–Trinajstić information content (AvgIpc) is 2.79. The van der Waals surface area contributed by atoms with E-state index in [9.17, 15) is 0 Å². The first kappa shape index (κ1) is 13.1. The zero-order chi connectivity index (χ0) is 13.2. The zero-order valence-electron chi connectivity index (χ0n) is 11.9. The van der Waals surface area contributed by atoms with Crippen molar-refractivity contribution in [3.8, 4) is 0 Å². The lowest BCUT2D eigenvalue weighted by molar-refractivity contribution is 0.526. The molecule has 0 aromatic heterocycles. The number of aliphatic imine (C=N–C) groups is 1. The number of aryl methyl sites for hydroxylation is 1. The Morgan fingerprint density at radius 1 is 1.17 bits per heavy atom. The third-order valence-electron chi connectivity index (χ3n) is 3.47. The molecule has 0 saturated heterocycles. The van der Waals surface area contributed by atoms with Gasteiger partial charge in [0.05, 0.1) is 6.04 Å². The molecule has 0 fully saturated rings. The van der Waals surface area contributed by atoms with Crippen molar-refractivity contribution in [3.05, 3.63) is 47.0 Å². The second-order valence-electron chi connectivity index (χ2n) is 6.04. The van der Waals surface area contributed by atoms with Gasteiger partial charge in [-0.1, -0.05) is 64.5 Å². The highest BCUT2D eigenvalue weighted by atomic mass is 14.8. The van der Waals surface area contributed by atoms with Crippen molar-refractivity contribution in [1.82, 2.24) is 0 Å². The van der Waals surface area contributed by atoms with Crippen molar-refractivity contribution >= 4 is 6.21 Å². The van der Waals surface area contributed by atoms with Gasteiger partial charge in [0, 0.05) is 6.21 Å². The standard InChI is InChI=1S/C17H23N/c1-5-8-13-9-6-7-10-15(13)16-11-14(12-18-16)17(2,3)4/h6-7,9-12,16H,5,8H2,1-4H3. The normalized spacial score (nSPS) is 19.1. The molecule has 0 N–H and O–H groups in total. The predicted octanol–water partition coefficient (Wildman–Crippen LogP) is 4.74. The summed E-state index contributed by atoms with van der Waals surface area (Å²) in [6, 6.07) is 8.92. The van der Waals surface area contributed by atoms with Crippen LogP contribution in [0.3, 0.4) is 0 Å². The Kier molecular flexibility index (Phi) is 3.70. The fourth-order valence-corrected chi connectivity index (χ4v) is 2.35. The molecule has 0 aliphatic carbocycles. The molecule has 2 rings (SSSR count). The van der Waals surface area contributed by atoms with Gasteiger partial charge in [-0.15, -0.1) is 0 Å². The number of allylic oxidation sites excluding steroid dienone is 1. The van der Waals surface area contributed by atoms with Crippen LogP contribution in [0.4, 0.5) is 0 Å². The average molecular weight is 241 g/mol. The van der Waals surface area contributed by atoms with E-state index < -0.39 is 0 Å². The van der Waals surface area contributed by atoms with E-state index in [2.05, 4.69) is 63.0 Å². The van der Waals surface area contributed by atoms with Crippen molar-refractivity contribution < 1.29 is 0 Å². The van der Waals surface area contributed by atoms with E-state index in [-0.39, 0.29) is 11.5 Å². The lowest BCUT2D eigenvalue weighted by atomic mass is 9.86. The summed E-state index contributed by atoms with van der Waals surface area (Å²) >= 11 is 0. The second-order valence-corrected chi connectivity index (χ2v) is 6.04. The molecule has 1 nitrogen and oxygen atoms in total. The summed E-state index contributed by atoms with van der Waals surface area (Å²) in [5.41, 5.74) is 4.35. The number of nitrogens with zero attached hydrogens (tertiary/aromatic N) is 1. The Labute approximate surface area is 111 Å². The molecule has 96 valence electrons. The van der Waals surface area contributed by atoms with Crippen LogP contribution in [0.2, 0.25) is 0 Å². The molecule has 1 aliphatic rings. The van der Waals surface area contributed by atoms with Crippen LogP contribution in [0.5, 0.6) is 0 Å². The van der Waals surface area contributed by atoms with E-state index >= 15 is 0 Å². The van der Waals surface area contributed by atoms with Gasteiger partial charge in [0.25, 0.3) is 0 Å². The van der Waals surface area contributed by atoms with E-state index in [0.717, 1.165) is 6.42 Å². The molecule has 18 heavy (non-hydrogen) atoms. The van der Waals surface area contributed by atoms with Crippen LogP contribution in [0.15, 0.2) is 40.9 Å². The number of hydrogen-bond donors (Lipinski definition) is 0. The van der Waals surface area contributed by atoms with Gasteiger partial charge in [-0.2, -0.15) is 0 Å². The molecule has 1 heteroatoms. The smallest absolute Gasteiger partial charge is 0.0939 e. The molecule has 0 radical (unpaired) electrons. The molecule has 0 amide bonds. The molecule has 0 saturated carbocycles. The summed E-state index contributed by atoms with van der Waals surface area (Å²) in [7, 11) is 0. The monoisotopic (exact) mass is 241 g/mol. The third kappa shape index (κ3) is 2.72. The van der Waals surface area contributed by atoms with Crippen molar-refractivity contribution in [2.24, 2.45) is 10.4 Å². The molecule has 0 bridgehead atoms. The van der Waals surface area contributed by atoms with Gasteiger partial charge in [0.1, 0.15) is 0 Å². The van der Waals surface area contributed by atoms with Crippen LogP contribution in [0.25, 0.3) is 0 Å². The fourth-order valence-electron chi connectivity index (χ4n) is 2.35. The Morgan fingerprint density at radius 2 is 1.89 bits per heavy atom. The van der Waals surface area contributed by atoms with E-state index in [1.807, 2.05) is 6.21 Å². The lowest BCUT2D eigenvalue weighted by Crippen LogP contribution is -2.08. The zero-order valence-corrected chi connectivity index (χ0v) is 11.9. The van der Waals surface area contributed by atoms with Crippen LogP contribution >= 0.6 is 0 Å². The first-order valence-corrected chi connectivity index (χ1v) is 6.85. The first-order chi connectivity index (χ1) is 8.52. The number of rotatable bonds is 3. The maximum atomic E-state index is 4.68. The highest BCUT2D eigenvalue weighted by Gasteiger charge is 2.22. The molecule has 1 heterocycles. The van der Waals surface area contributed by atoms with Gasteiger partial charge in [0.15, 0.2) is 0 Å². The molecular weight excluding hydrogens is 218 g/mol. The Balaban J connectivity index is 2.30. The summed E-state index contributed by atoms with van der Waals surface area (Å²) in [6.07, 6.45) is 6.69. The van der Waals surface area contributed by atoms with Crippen molar-refractivity contribution in [1.29, 1.82) is 0 Å². The molecule has 0 spiro atoms. The summed E-state index contributed by atoms with van der Waals surface area (Å²) in [4.78, 5) is 4.68. The van der Waals surface area contributed by atoms with E-state index in [1.54, 1.807) is 0 Å². The maximum absolute atomic E-state index is 4.68. The summed E-state index contributed by atoms with van der Waals surface area (Å²) in [5.74, 6) is 0. The highest BCUT2D eigenvalue weighted by Crippen LogP contribution is 2.34. The first-order valence-electron chi connectivity index (χ1n) is 6.85. The highest BCUT2D eigenvalue weighted by molar-refractivity contribution is 5.83. The molecular formula is C17H23N. The van der Waals surface area contributed by atoms with Crippen LogP contribution in [-0.2, 0) is 6.42 Å². The minimum absolute atomic E-state index is 0.192. The van der Waals surface area contributed by atoms with Crippen LogP contribution in [-0.4, -0.2) is 6.21 Å². The van der Waals surface area contributed by atoms with Gasteiger partial charge in [-0.05, 0) is 28.5 Å². The van der Waals surface area contributed by atoms with Crippen molar-refractivity contribution in [2.75, 3.05) is 0 Å². The largest absolute Gasteiger partial charge is 0.281 e. The molecule has 1 unspecified atom stereocenters. The van der Waals surface area contributed by atoms with E-state index in [0.29, 0.717) is 0 Å². The van der Waals surface area contributed by atoms with Gasteiger partial charge < -0.3 is 0 Å². The van der Waals surface area contributed by atoms with Gasteiger partial charge in [-0.3, -0.25) is 4.99 Å². The van der Waals surface area contributed by atoms with Gasteiger partial charge in [-0.25, -0.2) is 0 Å². The molecule has 1 aliphatic heterocycles. The summed E-state index contributed by atoms with van der Waals surface area (Å²) in [6.45, 7) is 8.95. The van der Waals surface area contributed by atoms with E-state index in [4.69, 9.17) is 0 Å². The lowest BCUT2D eigenvalue weighted by Gasteiger charge is -2.17. The van der Waals surface area contributed by atoms with E-state index in [1.165, 1.54) is 23.1 Å². The minimum Gasteiger partial charge on any atom is -0.281 e. The van der Waals surface area contributed by atoms with Crippen LogP contribution in [0, 0.1) is 5.41 Å². The second kappa shape index (κ2) is 5.09. The SMILES string of the molecule is CCCc1ccccc1C1C=C(C(C)(C)C)C=N1. The number of hydrogen-bond acceptors (Lipinski definition) is 1. The topological polar surface area (TPSA) is 12.4 Å². The third-order valence-corrected chi connectivity index (χ3v) is 3.47. The minimum atomic E-state index is 0.192. The Hall–Kier alpha value is -1.37. The molecule has 1 aromatic carbocycles. The van der Waals surface area contributed by atoms with Crippen LogP contribution in [0.1, 0.15) is 51.3 Å². The van der Waals surface area contributed by atoms with Crippen molar-refractivity contribution in [3.63, 3.8) is 0 Å². The van der Waals surface area contributed by atoms with Crippen LogP contribution < -0.4 is 0 Å². The summed E-state index contributed by atoms with van der Waals surface area (Å²) < 4.78 is 0. The van der Waals surface area contributed by atoms with Crippen molar-refractivity contribution in [2.45, 2.75) is 46.6 Å². The summed E-state index contributed by atoms with van der Waals surface area (Å²) in [5, 5.41) is 0. The Morgan fingerprint density at radius 3 is 2.50 bits per heavy atom. The number of benzene rings is 1. The maximum Gasteiger partial charge on any atom is 0.0939 e.